The van der Waals surface area contributed by atoms with Gasteiger partial charge in [0.25, 0.3) is 0 Å². The molecular weight excluding hydrogens is 339 g/mol. The number of piperidine rings is 1. The van der Waals surface area contributed by atoms with E-state index in [9.17, 15) is 4.39 Å². The molecule has 2 aromatic heterocycles. The van der Waals surface area contributed by atoms with E-state index in [1.807, 2.05) is 10.6 Å². The molecule has 4 nitrogen and oxygen atoms in total. The third kappa shape index (κ3) is 2.89. The van der Waals surface area contributed by atoms with Crippen LogP contribution in [0, 0.1) is 17.7 Å². The van der Waals surface area contributed by atoms with Crippen molar-refractivity contribution in [1.82, 2.24) is 14.6 Å². The standard InChI is InChI=1S/C22H25FN4/c1-14-10-15(2)13-26(12-14)22-18-4-3-5-19(18)24-21-11-20(25-27(21)22)16-6-8-17(23)9-7-16/h6-9,11,14-15H,3-5,10,12-13H2,1-2H3. The molecule has 2 unspecified atom stereocenters. The molecule has 1 saturated heterocycles. The number of rotatable bonds is 2. The molecule has 3 heterocycles. The predicted molar refractivity (Wildman–Crippen MR) is 106 cm³/mol. The van der Waals surface area contributed by atoms with Crippen molar-refractivity contribution in [3.8, 4) is 11.3 Å². The van der Waals surface area contributed by atoms with Gasteiger partial charge >= 0.3 is 0 Å². The van der Waals surface area contributed by atoms with Crippen LogP contribution >= 0.6 is 0 Å². The Bertz CT molecular complexity index is 982. The summed E-state index contributed by atoms with van der Waals surface area (Å²) in [6.45, 7) is 6.83. The highest BCUT2D eigenvalue weighted by Gasteiger charge is 2.29. The summed E-state index contributed by atoms with van der Waals surface area (Å²) >= 11 is 0. The first-order valence-electron chi connectivity index (χ1n) is 10.0. The number of anilines is 1. The molecule has 1 aliphatic carbocycles. The molecule has 2 atom stereocenters. The lowest BCUT2D eigenvalue weighted by Crippen LogP contribution is -2.40. The summed E-state index contributed by atoms with van der Waals surface area (Å²) in [7, 11) is 0. The van der Waals surface area contributed by atoms with Gasteiger partial charge in [-0.1, -0.05) is 13.8 Å². The Morgan fingerprint density at radius 1 is 1.04 bits per heavy atom. The molecule has 0 radical (unpaired) electrons. The lowest BCUT2D eigenvalue weighted by molar-refractivity contribution is 0.353. The van der Waals surface area contributed by atoms with Gasteiger partial charge in [-0.2, -0.15) is 9.61 Å². The Morgan fingerprint density at radius 2 is 1.78 bits per heavy atom. The van der Waals surface area contributed by atoms with Crippen LogP contribution in [0.15, 0.2) is 30.3 Å². The largest absolute Gasteiger partial charge is 0.356 e. The van der Waals surface area contributed by atoms with E-state index in [4.69, 9.17) is 10.1 Å². The third-order valence-electron chi connectivity index (χ3n) is 5.91. The van der Waals surface area contributed by atoms with Crippen molar-refractivity contribution in [2.75, 3.05) is 18.0 Å². The number of hydrogen-bond donors (Lipinski definition) is 0. The Balaban J connectivity index is 1.67. The normalized spacial score (nSPS) is 22.4. The molecule has 5 heteroatoms. The zero-order valence-corrected chi connectivity index (χ0v) is 16.0. The molecule has 3 aromatic rings. The van der Waals surface area contributed by atoms with Crippen LogP contribution in [0.4, 0.5) is 10.2 Å². The fourth-order valence-corrected chi connectivity index (χ4v) is 4.89. The SMILES string of the molecule is CC1CC(C)CN(c2c3c(nc4cc(-c5ccc(F)cc5)nn24)CCC3)C1. The minimum atomic E-state index is -0.225. The van der Waals surface area contributed by atoms with Crippen molar-refractivity contribution >= 4 is 11.5 Å². The first-order valence-corrected chi connectivity index (χ1v) is 10.0. The summed E-state index contributed by atoms with van der Waals surface area (Å²) < 4.78 is 15.3. The van der Waals surface area contributed by atoms with Gasteiger partial charge in [-0.3, -0.25) is 0 Å². The average Bonchev–Trinajstić information content (AvgIpc) is 3.25. The van der Waals surface area contributed by atoms with Gasteiger partial charge in [-0.25, -0.2) is 9.37 Å². The quantitative estimate of drug-likeness (QED) is 0.671. The number of hydrogen-bond acceptors (Lipinski definition) is 3. The van der Waals surface area contributed by atoms with Gasteiger partial charge in [0.15, 0.2) is 5.65 Å². The zero-order chi connectivity index (χ0) is 18.5. The lowest BCUT2D eigenvalue weighted by atomic mass is 9.91. The second kappa shape index (κ2) is 6.32. The predicted octanol–water partition coefficient (Wildman–Crippen LogP) is 4.51. The first-order chi connectivity index (χ1) is 13.1. The summed E-state index contributed by atoms with van der Waals surface area (Å²) in [4.78, 5) is 7.44. The second-order valence-corrected chi connectivity index (χ2v) is 8.37. The first kappa shape index (κ1) is 16.7. The van der Waals surface area contributed by atoms with Crippen LogP contribution in [0.2, 0.25) is 0 Å². The van der Waals surface area contributed by atoms with E-state index in [0.717, 1.165) is 42.8 Å². The molecule has 1 aliphatic heterocycles. The van der Waals surface area contributed by atoms with Crippen molar-refractivity contribution < 1.29 is 4.39 Å². The van der Waals surface area contributed by atoms with E-state index in [2.05, 4.69) is 18.7 Å². The minimum absolute atomic E-state index is 0.225. The Kier molecular flexibility index (Phi) is 3.92. The molecule has 27 heavy (non-hydrogen) atoms. The average molecular weight is 364 g/mol. The molecule has 140 valence electrons. The topological polar surface area (TPSA) is 33.4 Å². The molecule has 1 aromatic carbocycles. The third-order valence-corrected chi connectivity index (χ3v) is 5.91. The number of aromatic nitrogens is 3. The van der Waals surface area contributed by atoms with Crippen molar-refractivity contribution in [2.24, 2.45) is 11.8 Å². The summed E-state index contributed by atoms with van der Waals surface area (Å²) in [5.41, 5.74) is 5.28. The van der Waals surface area contributed by atoms with Crippen LogP contribution in [0.1, 0.15) is 37.9 Å². The van der Waals surface area contributed by atoms with Crippen molar-refractivity contribution in [2.45, 2.75) is 39.5 Å². The summed E-state index contributed by atoms with van der Waals surface area (Å²) in [6, 6.07) is 8.58. The van der Waals surface area contributed by atoms with Crippen LogP contribution in [0.5, 0.6) is 0 Å². The summed E-state index contributed by atoms with van der Waals surface area (Å²) in [5, 5.41) is 4.91. The number of aryl methyl sites for hydroxylation is 1. The van der Waals surface area contributed by atoms with Gasteiger partial charge in [0.1, 0.15) is 11.6 Å². The Hall–Kier alpha value is -2.43. The second-order valence-electron chi connectivity index (χ2n) is 8.37. The fourth-order valence-electron chi connectivity index (χ4n) is 4.89. The van der Waals surface area contributed by atoms with E-state index in [-0.39, 0.29) is 5.82 Å². The molecule has 2 aliphatic rings. The lowest BCUT2D eigenvalue weighted by Gasteiger charge is -2.37. The highest BCUT2D eigenvalue weighted by molar-refractivity contribution is 5.67. The smallest absolute Gasteiger partial charge is 0.158 e. The van der Waals surface area contributed by atoms with Crippen molar-refractivity contribution in [3.05, 3.63) is 47.4 Å². The van der Waals surface area contributed by atoms with Gasteiger partial charge in [0, 0.05) is 36.0 Å². The van der Waals surface area contributed by atoms with Gasteiger partial charge in [-0.05, 0) is 61.8 Å². The van der Waals surface area contributed by atoms with E-state index in [1.54, 1.807) is 12.1 Å². The highest BCUT2D eigenvalue weighted by atomic mass is 19.1. The molecular formula is C22H25FN4. The molecule has 0 N–H and O–H groups in total. The Morgan fingerprint density at radius 3 is 2.52 bits per heavy atom. The maximum Gasteiger partial charge on any atom is 0.158 e. The van der Waals surface area contributed by atoms with Gasteiger partial charge in [0.05, 0.1) is 5.69 Å². The minimum Gasteiger partial charge on any atom is -0.356 e. The van der Waals surface area contributed by atoms with Crippen molar-refractivity contribution in [3.63, 3.8) is 0 Å². The molecule has 0 saturated carbocycles. The maximum atomic E-state index is 13.3. The summed E-state index contributed by atoms with van der Waals surface area (Å²) in [6.07, 6.45) is 4.59. The van der Waals surface area contributed by atoms with E-state index < -0.39 is 0 Å². The van der Waals surface area contributed by atoms with Gasteiger partial charge in [0.2, 0.25) is 0 Å². The van der Waals surface area contributed by atoms with E-state index in [1.165, 1.54) is 42.0 Å². The van der Waals surface area contributed by atoms with Crippen molar-refractivity contribution in [1.29, 1.82) is 0 Å². The molecule has 1 fully saturated rings. The Labute approximate surface area is 159 Å². The number of fused-ring (bicyclic) bond motifs is 2. The van der Waals surface area contributed by atoms with Gasteiger partial charge < -0.3 is 4.90 Å². The monoisotopic (exact) mass is 364 g/mol. The van der Waals surface area contributed by atoms with Crippen LogP contribution in [-0.2, 0) is 12.8 Å². The fraction of sp³-hybridized carbons (Fsp3) is 0.455. The molecule has 0 spiro atoms. The van der Waals surface area contributed by atoms with Crippen LogP contribution in [-0.4, -0.2) is 27.7 Å². The van der Waals surface area contributed by atoms with Crippen LogP contribution < -0.4 is 4.90 Å². The van der Waals surface area contributed by atoms with Gasteiger partial charge in [-0.15, -0.1) is 0 Å². The number of halogens is 1. The zero-order valence-electron chi connectivity index (χ0n) is 16.0. The molecule has 0 bridgehead atoms. The maximum absolute atomic E-state index is 13.3. The number of benzene rings is 1. The summed E-state index contributed by atoms with van der Waals surface area (Å²) in [5.74, 6) is 2.37. The van der Waals surface area contributed by atoms with E-state index >= 15 is 0 Å². The number of nitrogens with zero attached hydrogens (tertiary/aromatic N) is 4. The van der Waals surface area contributed by atoms with Crippen LogP contribution in [0.25, 0.3) is 16.9 Å². The van der Waals surface area contributed by atoms with Crippen LogP contribution in [0.3, 0.4) is 0 Å². The molecule has 5 rings (SSSR count). The van der Waals surface area contributed by atoms with E-state index in [0.29, 0.717) is 11.8 Å². The molecule has 0 amide bonds. The highest BCUT2D eigenvalue weighted by Crippen LogP contribution is 2.35.